The summed E-state index contributed by atoms with van der Waals surface area (Å²) in [7, 11) is 0. The van der Waals surface area contributed by atoms with Crippen molar-refractivity contribution in [1.82, 2.24) is 14.8 Å². The summed E-state index contributed by atoms with van der Waals surface area (Å²) in [6.45, 7) is 6.64. The van der Waals surface area contributed by atoms with E-state index in [1.54, 1.807) is 36.9 Å². The van der Waals surface area contributed by atoms with Crippen molar-refractivity contribution in [2.24, 2.45) is 0 Å². The van der Waals surface area contributed by atoms with Gasteiger partial charge in [-0.15, -0.1) is 11.8 Å². The molecule has 0 radical (unpaired) electrons. The minimum atomic E-state index is -1.22. The van der Waals surface area contributed by atoms with Crippen molar-refractivity contribution in [2.75, 3.05) is 13.2 Å². The molecule has 1 N–H and O–H groups in total. The van der Waals surface area contributed by atoms with Gasteiger partial charge in [0.05, 0.1) is 38.9 Å². The van der Waals surface area contributed by atoms with Crippen molar-refractivity contribution in [2.45, 2.75) is 36.3 Å². The molecule has 2 aromatic heterocycles. The molecule has 0 atom stereocenters. The van der Waals surface area contributed by atoms with Crippen LogP contribution in [0.3, 0.4) is 0 Å². The van der Waals surface area contributed by atoms with Gasteiger partial charge in [-0.1, -0.05) is 54.5 Å². The summed E-state index contributed by atoms with van der Waals surface area (Å²) in [4.78, 5) is 17.3. The SMILES string of the molecule is Cc1nn(-c2nc(-c3ccc(Cl)c(Cl)c3)c(SC(C)C)s2)c(C(=O)O)c1-c1cc(F)cc(OC2COC2)c1. The zero-order valence-corrected chi connectivity index (χ0v) is 23.6. The minimum Gasteiger partial charge on any atom is -0.485 e. The molecule has 198 valence electrons. The van der Waals surface area contributed by atoms with Crippen LogP contribution in [0.25, 0.3) is 27.5 Å². The number of thioether (sulfide) groups is 1. The molecule has 0 unspecified atom stereocenters. The largest absolute Gasteiger partial charge is 0.485 e. The highest BCUT2D eigenvalue weighted by atomic mass is 35.5. The number of aromatic carboxylic acids is 1. The minimum absolute atomic E-state index is 0.124. The van der Waals surface area contributed by atoms with E-state index in [9.17, 15) is 14.3 Å². The third-order valence-corrected chi connectivity index (χ3v) is 8.62. The van der Waals surface area contributed by atoms with Crippen molar-refractivity contribution in [3.63, 3.8) is 0 Å². The quantitative estimate of drug-likeness (QED) is 0.213. The van der Waals surface area contributed by atoms with Crippen LogP contribution in [0, 0.1) is 12.7 Å². The predicted molar refractivity (Wildman–Crippen MR) is 148 cm³/mol. The Bertz CT molecular complexity index is 1540. The number of carboxylic acids is 1. The molecule has 0 amide bonds. The van der Waals surface area contributed by atoms with Crippen LogP contribution in [-0.2, 0) is 4.74 Å². The van der Waals surface area contributed by atoms with Gasteiger partial charge in [0.25, 0.3) is 0 Å². The Morgan fingerprint density at radius 1 is 1.21 bits per heavy atom. The maximum atomic E-state index is 14.6. The number of rotatable bonds is 8. The molecule has 0 saturated carbocycles. The molecule has 0 bridgehead atoms. The molecule has 1 aliphatic rings. The van der Waals surface area contributed by atoms with Gasteiger partial charge in [-0.05, 0) is 36.8 Å². The maximum Gasteiger partial charge on any atom is 0.355 e. The Kier molecular flexibility index (Phi) is 7.70. The Morgan fingerprint density at radius 3 is 2.61 bits per heavy atom. The number of thiazole rings is 1. The Balaban J connectivity index is 1.64. The van der Waals surface area contributed by atoms with Gasteiger partial charge in [-0.25, -0.2) is 14.2 Å². The molecule has 0 spiro atoms. The maximum absolute atomic E-state index is 14.6. The summed E-state index contributed by atoms with van der Waals surface area (Å²) in [5.74, 6) is -1.47. The van der Waals surface area contributed by atoms with E-state index in [4.69, 9.17) is 37.7 Å². The fourth-order valence-corrected chi connectivity index (χ4v) is 6.74. The van der Waals surface area contributed by atoms with Crippen LogP contribution in [0.1, 0.15) is 30.0 Å². The molecule has 1 aliphatic heterocycles. The van der Waals surface area contributed by atoms with Gasteiger partial charge in [0, 0.05) is 22.4 Å². The standard InChI is InChI=1S/C26H22Cl2FN3O4S2/c1-12(2)37-25-22(14-4-5-19(27)20(28)8-14)30-26(38-25)32-23(24(33)34)21(13(3)31-32)15-6-16(29)9-17(7-15)36-18-10-35-11-18/h4-9,12,18H,10-11H2,1-3H3,(H,33,34). The number of aromatic nitrogens is 3. The highest BCUT2D eigenvalue weighted by Gasteiger charge is 2.28. The number of carboxylic acid groups (broad SMARTS) is 1. The van der Waals surface area contributed by atoms with Crippen molar-refractivity contribution in [3.8, 4) is 33.3 Å². The van der Waals surface area contributed by atoms with Crippen LogP contribution in [0.2, 0.25) is 10.0 Å². The number of hydrogen-bond acceptors (Lipinski definition) is 7. The fourth-order valence-electron chi connectivity index (χ4n) is 3.96. The Hall–Kier alpha value is -2.63. The zero-order valence-electron chi connectivity index (χ0n) is 20.5. The number of halogens is 3. The Labute approximate surface area is 236 Å². The third-order valence-electron chi connectivity index (χ3n) is 5.63. The first-order valence-corrected chi connectivity index (χ1v) is 14.1. The molecule has 1 fully saturated rings. The van der Waals surface area contributed by atoms with Crippen molar-refractivity contribution in [3.05, 3.63) is 63.6 Å². The van der Waals surface area contributed by atoms with Gasteiger partial charge < -0.3 is 14.6 Å². The van der Waals surface area contributed by atoms with Crippen molar-refractivity contribution < 1.29 is 23.8 Å². The van der Waals surface area contributed by atoms with Crippen molar-refractivity contribution in [1.29, 1.82) is 0 Å². The molecule has 4 aromatic rings. The van der Waals surface area contributed by atoms with Crippen LogP contribution in [0.15, 0.2) is 40.6 Å². The first kappa shape index (κ1) is 27.0. The molecule has 0 aliphatic carbocycles. The van der Waals surface area contributed by atoms with E-state index in [1.807, 2.05) is 6.07 Å². The van der Waals surface area contributed by atoms with E-state index in [2.05, 4.69) is 18.9 Å². The summed E-state index contributed by atoms with van der Waals surface area (Å²) in [5, 5.41) is 16.2. The van der Waals surface area contributed by atoms with E-state index in [-0.39, 0.29) is 22.6 Å². The lowest BCUT2D eigenvalue weighted by Gasteiger charge is -2.26. The van der Waals surface area contributed by atoms with Gasteiger partial charge >= 0.3 is 5.97 Å². The number of aryl methyl sites for hydroxylation is 1. The summed E-state index contributed by atoms with van der Waals surface area (Å²) in [6.07, 6.45) is -0.167. The second-order valence-corrected chi connectivity index (χ2v) is 12.5. The van der Waals surface area contributed by atoms with E-state index >= 15 is 0 Å². The molecule has 2 aromatic carbocycles. The third kappa shape index (κ3) is 5.41. The van der Waals surface area contributed by atoms with Gasteiger partial charge in [0.2, 0.25) is 5.13 Å². The predicted octanol–water partition coefficient (Wildman–Crippen LogP) is 7.39. The van der Waals surface area contributed by atoms with Gasteiger partial charge in [-0.2, -0.15) is 9.78 Å². The van der Waals surface area contributed by atoms with E-state index < -0.39 is 11.8 Å². The number of benzene rings is 2. The summed E-state index contributed by atoms with van der Waals surface area (Å²) in [6, 6.07) is 9.39. The van der Waals surface area contributed by atoms with E-state index in [0.29, 0.717) is 51.1 Å². The second-order valence-electron chi connectivity index (χ2n) is 8.91. The molecule has 1 saturated heterocycles. The van der Waals surface area contributed by atoms with Crippen LogP contribution >= 0.6 is 46.3 Å². The molecule has 38 heavy (non-hydrogen) atoms. The first-order chi connectivity index (χ1) is 18.1. The molecule has 3 heterocycles. The average Bonchev–Trinajstić information content (AvgIpc) is 3.38. The average molecular weight is 595 g/mol. The number of carbonyl (C=O) groups is 1. The molecule has 5 rings (SSSR count). The monoisotopic (exact) mass is 593 g/mol. The van der Waals surface area contributed by atoms with Gasteiger partial charge in [-0.3, -0.25) is 0 Å². The normalized spacial score (nSPS) is 13.7. The highest BCUT2D eigenvalue weighted by molar-refractivity contribution is 8.01. The van der Waals surface area contributed by atoms with Crippen molar-refractivity contribution >= 4 is 52.3 Å². The topological polar surface area (TPSA) is 86.5 Å². The number of nitrogens with zero attached hydrogens (tertiary/aromatic N) is 3. The fraction of sp³-hybridized carbons (Fsp3) is 0.269. The summed E-state index contributed by atoms with van der Waals surface area (Å²) < 4.78 is 27.7. The lowest BCUT2D eigenvalue weighted by molar-refractivity contribution is -0.0797. The molecule has 7 nitrogen and oxygen atoms in total. The number of ether oxygens (including phenoxy) is 2. The molecular weight excluding hydrogens is 572 g/mol. The zero-order chi connectivity index (χ0) is 27.1. The Morgan fingerprint density at radius 2 is 1.97 bits per heavy atom. The van der Waals surface area contributed by atoms with Crippen LogP contribution < -0.4 is 4.74 Å². The van der Waals surface area contributed by atoms with Crippen LogP contribution in [-0.4, -0.2) is 50.4 Å². The smallest absolute Gasteiger partial charge is 0.355 e. The van der Waals surface area contributed by atoms with Crippen LogP contribution in [0.5, 0.6) is 5.75 Å². The molecular formula is C26H22Cl2FN3O4S2. The van der Waals surface area contributed by atoms with E-state index in [1.165, 1.54) is 28.2 Å². The lowest BCUT2D eigenvalue weighted by Crippen LogP contribution is -2.38. The second kappa shape index (κ2) is 10.9. The first-order valence-electron chi connectivity index (χ1n) is 11.6. The highest BCUT2D eigenvalue weighted by Crippen LogP contribution is 2.42. The molecule has 12 heteroatoms. The number of hydrogen-bond donors (Lipinski definition) is 1. The summed E-state index contributed by atoms with van der Waals surface area (Å²) >= 11 is 15.3. The van der Waals surface area contributed by atoms with Gasteiger partial charge in [0.1, 0.15) is 17.7 Å². The van der Waals surface area contributed by atoms with Crippen LogP contribution in [0.4, 0.5) is 4.39 Å². The summed E-state index contributed by atoms with van der Waals surface area (Å²) in [5.41, 5.74) is 2.32. The lowest BCUT2D eigenvalue weighted by atomic mass is 10.0. The van der Waals surface area contributed by atoms with E-state index in [0.717, 1.165) is 9.77 Å². The van der Waals surface area contributed by atoms with Gasteiger partial charge in [0.15, 0.2) is 5.69 Å².